The summed E-state index contributed by atoms with van der Waals surface area (Å²) in [6, 6.07) is 11.1. The highest BCUT2D eigenvalue weighted by Crippen LogP contribution is 2.19. The van der Waals surface area contributed by atoms with Gasteiger partial charge in [0.25, 0.3) is 0 Å². The number of fused-ring (bicyclic) bond motifs is 1. The Morgan fingerprint density at radius 2 is 2.19 bits per heavy atom. The third-order valence-corrected chi connectivity index (χ3v) is 4.98. The third kappa shape index (κ3) is 5.58. The van der Waals surface area contributed by atoms with Crippen LogP contribution in [0.5, 0.6) is 0 Å². The number of hydrogen-bond acceptors (Lipinski definition) is 4. The average molecular weight is 486 g/mol. The van der Waals surface area contributed by atoms with Crippen LogP contribution in [0, 0.1) is 0 Å². The van der Waals surface area contributed by atoms with Crippen LogP contribution < -0.4 is 5.32 Å². The number of benzene rings is 1. The first-order chi connectivity index (χ1) is 12.6. The molecule has 1 aliphatic heterocycles. The highest BCUT2D eigenvalue weighted by molar-refractivity contribution is 14.0. The number of guanidine groups is 1. The van der Waals surface area contributed by atoms with E-state index >= 15 is 0 Å². The minimum atomic E-state index is 0. The number of morpholine rings is 1. The summed E-state index contributed by atoms with van der Waals surface area (Å²) >= 11 is 0. The van der Waals surface area contributed by atoms with Crippen molar-refractivity contribution in [3.8, 4) is 0 Å². The Labute approximate surface area is 179 Å². The van der Waals surface area contributed by atoms with Gasteiger partial charge in [-0.05, 0) is 26.0 Å². The summed E-state index contributed by atoms with van der Waals surface area (Å²) < 4.78 is 11.5. The van der Waals surface area contributed by atoms with Gasteiger partial charge in [0, 0.05) is 44.7 Å². The van der Waals surface area contributed by atoms with Gasteiger partial charge in [-0.25, -0.2) is 0 Å². The summed E-state index contributed by atoms with van der Waals surface area (Å²) in [6.07, 6.45) is 0. The van der Waals surface area contributed by atoms with Crippen LogP contribution in [0.1, 0.15) is 19.6 Å². The fraction of sp³-hybridized carbons (Fsp3) is 0.550. The highest BCUT2D eigenvalue weighted by atomic mass is 127. The van der Waals surface area contributed by atoms with E-state index < -0.39 is 0 Å². The van der Waals surface area contributed by atoms with Crippen molar-refractivity contribution in [2.24, 2.45) is 4.99 Å². The minimum Gasteiger partial charge on any atom is -0.459 e. The summed E-state index contributed by atoms with van der Waals surface area (Å²) in [6.45, 7) is 8.61. The molecule has 3 rings (SSSR count). The fourth-order valence-corrected chi connectivity index (χ4v) is 3.56. The molecule has 2 unspecified atom stereocenters. The molecule has 2 atom stereocenters. The number of rotatable bonds is 5. The molecule has 0 bridgehead atoms. The predicted octanol–water partition coefficient (Wildman–Crippen LogP) is 3.17. The van der Waals surface area contributed by atoms with Crippen LogP contribution >= 0.6 is 24.0 Å². The van der Waals surface area contributed by atoms with Crippen molar-refractivity contribution in [2.45, 2.75) is 32.5 Å². The van der Waals surface area contributed by atoms with Crippen LogP contribution in [0.25, 0.3) is 11.0 Å². The molecule has 0 amide bonds. The molecule has 1 fully saturated rings. The van der Waals surface area contributed by atoms with E-state index in [0.29, 0.717) is 18.6 Å². The van der Waals surface area contributed by atoms with E-state index in [0.717, 1.165) is 49.0 Å². The van der Waals surface area contributed by atoms with Crippen molar-refractivity contribution in [1.29, 1.82) is 0 Å². The summed E-state index contributed by atoms with van der Waals surface area (Å²) in [5, 5.41) is 4.63. The molecule has 1 saturated heterocycles. The SMILES string of the molecule is CN=C(NCC(C)N1CCOCC1C)N(C)Cc1cc2ccccc2o1.I. The molecule has 150 valence electrons. The quantitative estimate of drug-likeness (QED) is 0.400. The first kappa shape index (κ1) is 22.0. The van der Waals surface area contributed by atoms with Crippen LogP contribution in [0.4, 0.5) is 0 Å². The van der Waals surface area contributed by atoms with Gasteiger partial charge < -0.3 is 19.4 Å². The summed E-state index contributed by atoms with van der Waals surface area (Å²) in [5.74, 6) is 1.81. The van der Waals surface area contributed by atoms with Crippen LogP contribution in [0.15, 0.2) is 39.7 Å². The minimum absolute atomic E-state index is 0. The Hall–Kier alpha value is -1.32. The van der Waals surface area contributed by atoms with Gasteiger partial charge in [0.15, 0.2) is 5.96 Å². The van der Waals surface area contributed by atoms with Crippen LogP contribution in [0.3, 0.4) is 0 Å². The monoisotopic (exact) mass is 486 g/mol. The maximum atomic E-state index is 5.92. The number of nitrogens with zero attached hydrogens (tertiary/aromatic N) is 3. The Morgan fingerprint density at radius 3 is 2.89 bits per heavy atom. The molecule has 1 aliphatic rings. The molecule has 2 heterocycles. The van der Waals surface area contributed by atoms with Crippen molar-refractivity contribution in [1.82, 2.24) is 15.1 Å². The number of ether oxygens (including phenoxy) is 1. The highest BCUT2D eigenvalue weighted by Gasteiger charge is 2.24. The van der Waals surface area contributed by atoms with E-state index in [1.807, 2.05) is 32.3 Å². The largest absolute Gasteiger partial charge is 0.459 e. The van der Waals surface area contributed by atoms with E-state index in [2.05, 4.69) is 46.1 Å². The van der Waals surface area contributed by atoms with E-state index in [1.165, 1.54) is 0 Å². The first-order valence-corrected chi connectivity index (χ1v) is 9.31. The summed E-state index contributed by atoms with van der Waals surface area (Å²) in [5.41, 5.74) is 0.925. The lowest BCUT2D eigenvalue weighted by Crippen LogP contribution is -2.53. The Bertz CT molecular complexity index is 715. The topological polar surface area (TPSA) is 53.2 Å². The molecule has 0 aliphatic carbocycles. The van der Waals surface area contributed by atoms with E-state index in [1.54, 1.807) is 0 Å². The van der Waals surface area contributed by atoms with Gasteiger partial charge in [-0.1, -0.05) is 18.2 Å². The Balaban J connectivity index is 0.00000261. The molecule has 1 aromatic carbocycles. The maximum Gasteiger partial charge on any atom is 0.193 e. The summed E-state index contributed by atoms with van der Waals surface area (Å²) in [4.78, 5) is 9.00. The zero-order valence-electron chi connectivity index (χ0n) is 16.6. The van der Waals surface area contributed by atoms with E-state index in [-0.39, 0.29) is 24.0 Å². The second-order valence-corrected chi connectivity index (χ2v) is 7.05. The molecule has 2 aromatic rings. The molecule has 0 saturated carbocycles. The molecule has 0 spiro atoms. The normalized spacial score (nSPS) is 19.6. The van der Waals surface area contributed by atoms with Crippen LogP contribution in [-0.4, -0.2) is 68.2 Å². The lowest BCUT2D eigenvalue weighted by molar-refractivity contribution is -0.0175. The maximum absolute atomic E-state index is 5.92. The standard InChI is InChI=1S/C20H30N4O2.HI/c1-15(24-9-10-25-14-16(24)2)12-22-20(21-3)23(4)13-18-11-17-7-5-6-8-19(17)26-18;/h5-8,11,15-16H,9-10,12-14H2,1-4H3,(H,21,22);1H. The van der Waals surface area contributed by atoms with Crippen molar-refractivity contribution < 1.29 is 9.15 Å². The predicted molar refractivity (Wildman–Crippen MR) is 121 cm³/mol. The number of furan rings is 1. The van der Waals surface area contributed by atoms with Gasteiger partial charge in [-0.15, -0.1) is 24.0 Å². The zero-order chi connectivity index (χ0) is 18.5. The van der Waals surface area contributed by atoms with Gasteiger partial charge in [0.1, 0.15) is 11.3 Å². The number of nitrogens with one attached hydrogen (secondary N) is 1. The Morgan fingerprint density at radius 1 is 1.41 bits per heavy atom. The molecule has 27 heavy (non-hydrogen) atoms. The summed E-state index contributed by atoms with van der Waals surface area (Å²) in [7, 11) is 3.85. The zero-order valence-corrected chi connectivity index (χ0v) is 19.0. The van der Waals surface area contributed by atoms with Crippen molar-refractivity contribution in [2.75, 3.05) is 40.4 Å². The fourth-order valence-electron chi connectivity index (χ4n) is 3.56. The number of hydrogen-bond donors (Lipinski definition) is 1. The van der Waals surface area contributed by atoms with Crippen molar-refractivity contribution in [3.63, 3.8) is 0 Å². The lowest BCUT2D eigenvalue weighted by atomic mass is 10.2. The second-order valence-electron chi connectivity index (χ2n) is 7.05. The van der Waals surface area contributed by atoms with Gasteiger partial charge in [0.05, 0.1) is 19.8 Å². The molecule has 6 nitrogen and oxygen atoms in total. The number of halogens is 1. The van der Waals surface area contributed by atoms with Gasteiger partial charge >= 0.3 is 0 Å². The molecule has 1 aromatic heterocycles. The van der Waals surface area contributed by atoms with E-state index in [4.69, 9.17) is 9.15 Å². The van der Waals surface area contributed by atoms with Gasteiger partial charge in [-0.2, -0.15) is 0 Å². The molecule has 7 heteroatoms. The molecular weight excluding hydrogens is 455 g/mol. The molecule has 0 radical (unpaired) electrons. The second kappa shape index (κ2) is 10.3. The van der Waals surface area contributed by atoms with Gasteiger partial charge in [-0.3, -0.25) is 9.89 Å². The average Bonchev–Trinajstić information content (AvgIpc) is 3.04. The first-order valence-electron chi connectivity index (χ1n) is 9.31. The smallest absolute Gasteiger partial charge is 0.193 e. The van der Waals surface area contributed by atoms with Crippen LogP contribution in [0.2, 0.25) is 0 Å². The molecule has 1 N–H and O–H groups in total. The lowest BCUT2D eigenvalue weighted by Gasteiger charge is -2.38. The number of para-hydroxylation sites is 1. The number of aliphatic imine (C=N–C) groups is 1. The van der Waals surface area contributed by atoms with Gasteiger partial charge in [0.2, 0.25) is 0 Å². The molecular formula is C20H31IN4O2. The van der Waals surface area contributed by atoms with Crippen molar-refractivity contribution in [3.05, 3.63) is 36.1 Å². The van der Waals surface area contributed by atoms with Crippen molar-refractivity contribution >= 4 is 40.9 Å². The van der Waals surface area contributed by atoms with E-state index in [9.17, 15) is 0 Å². The Kier molecular flexibility index (Phi) is 8.37. The third-order valence-electron chi connectivity index (χ3n) is 4.98. The van der Waals surface area contributed by atoms with Crippen LogP contribution in [-0.2, 0) is 11.3 Å².